The van der Waals surface area contributed by atoms with Gasteiger partial charge < -0.3 is 15.4 Å². The summed E-state index contributed by atoms with van der Waals surface area (Å²) in [7, 11) is 0. The van der Waals surface area contributed by atoms with Crippen molar-refractivity contribution in [2.24, 2.45) is 0 Å². The van der Waals surface area contributed by atoms with Gasteiger partial charge in [0.25, 0.3) is 0 Å². The number of nitrogens with zero attached hydrogens (tertiary/aromatic N) is 2. The van der Waals surface area contributed by atoms with Crippen LogP contribution in [0, 0.1) is 0 Å². The fourth-order valence-electron chi connectivity index (χ4n) is 1.99. The number of rotatable bonds is 3. The minimum Gasteiger partial charge on any atom is -0.473 e. The molecular formula is C13H21N3OS. The van der Waals surface area contributed by atoms with Crippen molar-refractivity contribution in [1.29, 1.82) is 0 Å². The van der Waals surface area contributed by atoms with Crippen LogP contribution >= 0.6 is 11.8 Å². The molecule has 0 aromatic carbocycles. The number of thioether (sulfide) groups is 1. The van der Waals surface area contributed by atoms with E-state index >= 15 is 0 Å². The third-order valence-corrected chi connectivity index (χ3v) is 4.07. The summed E-state index contributed by atoms with van der Waals surface area (Å²) in [5.41, 5.74) is 6.50. The number of hydrogen-bond acceptors (Lipinski definition) is 5. The smallest absolute Gasteiger partial charge is 0.239 e. The molecule has 1 atom stereocenters. The average molecular weight is 267 g/mol. The molecule has 1 aliphatic rings. The molecule has 1 aliphatic heterocycles. The predicted octanol–water partition coefficient (Wildman–Crippen LogP) is 2.39. The molecular weight excluding hydrogens is 246 g/mol. The van der Waals surface area contributed by atoms with Crippen LogP contribution in [0.2, 0.25) is 0 Å². The number of anilines is 2. The highest BCUT2D eigenvalue weighted by molar-refractivity contribution is 7.99. The number of aromatic nitrogens is 1. The van der Waals surface area contributed by atoms with Crippen LogP contribution in [-0.2, 0) is 0 Å². The van der Waals surface area contributed by atoms with E-state index in [4.69, 9.17) is 10.5 Å². The topological polar surface area (TPSA) is 51.4 Å². The Kier molecular flexibility index (Phi) is 4.22. The molecule has 100 valence electrons. The van der Waals surface area contributed by atoms with E-state index < -0.39 is 0 Å². The number of ether oxygens (including phenoxy) is 1. The zero-order valence-corrected chi connectivity index (χ0v) is 12.0. The van der Waals surface area contributed by atoms with Gasteiger partial charge in [-0.3, -0.25) is 0 Å². The molecule has 4 nitrogen and oxygen atoms in total. The zero-order chi connectivity index (χ0) is 13.1. The zero-order valence-electron chi connectivity index (χ0n) is 11.2. The first-order valence-corrected chi connectivity index (χ1v) is 7.51. The number of nitrogens with two attached hydrogens (primary N) is 1. The summed E-state index contributed by atoms with van der Waals surface area (Å²) in [5.74, 6) is 3.81. The molecule has 1 aromatic rings. The highest BCUT2D eigenvalue weighted by Gasteiger charge is 2.21. The van der Waals surface area contributed by atoms with Crippen molar-refractivity contribution in [2.45, 2.75) is 32.9 Å². The molecule has 2 N–H and O–H groups in total. The van der Waals surface area contributed by atoms with Crippen LogP contribution in [-0.4, -0.2) is 35.2 Å². The fourth-order valence-corrected chi connectivity index (χ4v) is 3.00. The Balaban J connectivity index is 2.22. The lowest BCUT2D eigenvalue weighted by Crippen LogP contribution is -2.40. The summed E-state index contributed by atoms with van der Waals surface area (Å²) in [5, 5.41) is 0. The lowest BCUT2D eigenvalue weighted by molar-refractivity contribution is 0.234. The largest absolute Gasteiger partial charge is 0.473 e. The van der Waals surface area contributed by atoms with Crippen LogP contribution in [0.4, 0.5) is 11.5 Å². The van der Waals surface area contributed by atoms with Crippen LogP contribution in [0.1, 0.15) is 20.8 Å². The number of nitrogen functional groups attached to an aromatic ring is 1. The summed E-state index contributed by atoms with van der Waals surface area (Å²) in [4.78, 5) is 6.88. The molecule has 0 amide bonds. The van der Waals surface area contributed by atoms with Crippen molar-refractivity contribution in [3.63, 3.8) is 0 Å². The minimum atomic E-state index is 0.0874. The van der Waals surface area contributed by atoms with Crippen molar-refractivity contribution in [2.75, 3.05) is 28.7 Å². The Bertz CT molecular complexity index is 411. The van der Waals surface area contributed by atoms with Gasteiger partial charge in [-0.2, -0.15) is 16.7 Å². The Labute approximate surface area is 113 Å². The molecule has 1 aromatic heterocycles. The van der Waals surface area contributed by atoms with E-state index in [2.05, 4.69) is 16.8 Å². The second-order valence-electron chi connectivity index (χ2n) is 4.85. The standard InChI is InChI=1S/C13H21N3OS/c1-9(2)17-13-11(14)4-5-12(15-13)16-6-7-18-8-10(16)3/h4-5,9-10H,6-8,14H2,1-3H3. The quantitative estimate of drug-likeness (QED) is 0.911. The molecule has 5 heteroatoms. The molecule has 0 radical (unpaired) electrons. The molecule has 0 bridgehead atoms. The Morgan fingerprint density at radius 3 is 2.94 bits per heavy atom. The van der Waals surface area contributed by atoms with E-state index in [0.717, 1.165) is 23.9 Å². The van der Waals surface area contributed by atoms with Gasteiger partial charge in [0.2, 0.25) is 5.88 Å². The fraction of sp³-hybridized carbons (Fsp3) is 0.615. The van der Waals surface area contributed by atoms with E-state index in [-0.39, 0.29) is 6.10 Å². The Hall–Kier alpha value is -1.10. The average Bonchev–Trinajstić information content (AvgIpc) is 2.32. The van der Waals surface area contributed by atoms with E-state index in [1.54, 1.807) is 0 Å². The first-order chi connectivity index (χ1) is 8.58. The van der Waals surface area contributed by atoms with E-state index in [1.807, 2.05) is 37.7 Å². The summed E-state index contributed by atoms with van der Waals surface area (Å²) in [6.07, 6.45) is 0.0874. The monoisotopic (exact) mass is 267 g/mol. The van der Waals surface area contributed by atoms with Crippen LogP contribution in [0.5, 0.6) is 5.88 Å². The molecule has 0 aliphatic carbocycles. The normalized spacial score (nSPS) is 20.2. The molecule has 2 rings (SSSR count). The van der Waals surface area contributed by atoms with Gasteiger partial charge in [-0.05, 0) is 32.9 Å². The maximum atomic E-state index is 5.89. The van der Waals surface area contributed by atoms with Crippen molar-refractivity contribution in [3.05, 3.63) is 12.1 Å². The number of hydrogen-bond donors (Lipinski definition) is 1. The predicted molar refractivity (Wildman–Crippen MR) is 78.5 cm³/mol. The Morgan fingerprint density at radius 2 is 2.28 bits per heavy atom. The van der Waals surface area contributed by atoms with Crippen LogP contribution in [0.15, 0.2) is 12.1 Å². The van der Waals surface area contributed by atoms with Crippen LogP contribution in [0.25, 0.3) is 0 Å². The van der Waals surface area contributed by atoms with Gasteiger partial charge in [0, 0.05) is 24.1 Å². The summed E-state index contributed by atoms with van der Waals surface area (Å²) >= 11 is 1.99. The van der Waals surface area contributed by atoms with Gasteiger partial charge in [0.05, 0.1) is 11.8 Å². The van der Waals surface area contributed by atoms with E-state index in [1.165, 1.54) is 0 Å². The van der Waals surface area contributed by atoms with Crippen molar-refractivity contribution in [3.8, 4) is 5.88 Å². The van der Waals surface area contributed by atoms with Crippen LogP contribution < -0.4 is 15.4 Å². The first kappa shape index (κ1) is 13.3. The molecule has 1 fully saturated rings. The highest BCUT2D eigenvalue weighted by atomic mass is 32.2. The summed E-state index contributed by atoms with van der Waals surface area (Å²) in [6.45, 7) is 7.22. The molecule has 0 spiro atoms. The van der Waals surface area contributed by atoms with Crippen molar-refractivity contribution < 1.29 is 4.74 Å². The minimum absolute atomic E-state index is 0.0874. The van der Waals surface area contributed by atoms with E-state index in [0.29, 0.717) is 17.6 Å². The first-order valence-electron chi connectivity index (χ1n) is 6.35. The van der Waals surface area contributed by atoms with Gasteiger partial charge in [0.15, 0.2) is 0 Å². The molecule has 0 saturated carbocycles. The van der Waals surface area contributed by atoms with Gasteiger partial charge in [-0.15, -0.1) is 0 Å². The SMILES string of the molecule is CC(C)Oc1nc(N2CCSCC2C)ccc1N. The second-order valence-corrected chi connectivity index (χ2v) is 6.00. The van der Waals surface area contributed by atoms with Crippen LogP contribution in [0.3, 0.4) is 0 Å². The second kappa shape index (κ2) is 5.69. The number of pyridine rings is 1. The third-order valence-electron chi connectivity index (χ3n) is 2.88. The Morgan fingerprint density at radius 1 is 1.50 bits per heavy atom. The molecule has 2 heterocycles. The van der Waals surface area contributed by atoms with Crippen molar-refractivity contribution in [1.82, 2.24) is 4.98 Å². The van der Waals surface area contributed by atoms with Gasteiger partial charge in [-0.25, -0.2) is 0 Å². The van der Waals surface area contributed by atoms with Gasteiger partial charge in [-0.1, -0.05) is 0 Å². The van der Waals surface area contributed by atoms with E-state index in [9.17, 15) is 0 Å². The summed E-state index contributed by atoms with van der Waals surface area (Å²) in [6, 6.07) is 4.37. The van der Waals surface area contributed by atoms with Crippen molar-refractivity contribution >= 4 is 23.3 Å². The summed E-state index contributed by atoms with van der Waals surface area (Å²) < 4.78 is 5.64. The maximum absolute atomic E-state index is 5.89. The highest BCUT2D eigenvalue weighted by Crippen LogP contribution is 2.27. The lowest BCUT2D eigenvalue weighted by atomic mass is 10.3. The molecule has 18 heavy (non-hydrogen) atoms. The lowest BCUT2D eigenvalue weighted by Gasteiger charge is -2.34. The van der Waals surface area contributed by atoms with Gasteiger partial charge >= 0.3 is 0 Å². The third kappa shape index (κ3) is 3.02. The van der Waals surface area contributed by atoms with Gasteiger partial charge in [0.1, 0.15) is 5.82 Å². The molecule has 1 unspecified atom stereocenters. The molecule has 1 saturated heterocycles. The maximum Gasteiger partial charge on any atom is 0.239 e.